The third-order valence-electron chi connectivity index (χ3n) is 4.94. The number of hydrogen-bond acceptors (Lipinski definition) is 3. The van der Waals surface area contributed by atoms with E-state index in [4.69, 9.17) is 0 Å². The van der Waals surface area contributed by atoms with Crippen molar-refractivity contribution in [3.05, 3.63) is 66.4 Å². The molecule has 3 N–H and O–H groups in total. The Bertz CT molecular complexity index is 1060. The standard InChI is InChI=1S/C22H28N4O2S/c1-3-18(16-29(27,28)19-9-5-4-6-10-19)26-22(23-2)24-14-13-17-15-25-21-12-8-7-11-20(17)21/h4-12,15,18,25H,3,13-14,16H2,1-2H3,(H2,23,24,26). The summed E-state index contributed by atoms with van der Waals surface area (Å²) in [6.07, 6.45) is 3.54. The summed E-state index contributed by atoms with van der Waals surface area (Å²) in [4.78, 5) is 7.88. The average Bonchev–Trinajstić information content (AvgIpc) is 3.16. The minimum Gasteiger partial charge on any atom is -0.361 e. The van der Waals surface area contributed by atoms with Crippen LogP contribution in [-0.2, 0) is 16.3 Å². The number of rotatable bonds is 8. The van der Waals surface area contributed by atoms with Crippen molar-refractivity contribution in [1.82, 2.24) is 15.6 Å². The van der Waals surface area contributed by atoms with Gasteiger partial charge in [0, 0.05) is 36.7 Å². The molecule has 7 heteroatoms. The van der Waals surface area contributed by atoms with E-state index in [1.54, 1.807) is 31.3 Å². The van der Waals surface area contributed by atoms with Crippen LogP contribution in [0.1, 0.15) is 18.9 Å². The van der Waals surface area contributed by atoms with Gasteiger partial charge in [0.1, 0.15) is 0 Å². The predicted octanol–water partition coefficient (Wildman–Crippen LogP) is 3.13. The van der Waals surface area contributed by atoms with Crippen LogP contribution in [0.3, 0.4) is 0 Å². The van der Waals surface area contributed by atoms with Gasteiger partial charge in [-0.15, -0.1) is 0 Å². The van der Waals surface area contributed by atoms with Crippen LogP contribution < -0.4 is 10.6 Å². The summed E-state index contributed by atoms with van der Waals surface area (Å²) in [6, 6.07) is 16.6. The first-order chi connectivity index (χ1) is 14.0. The number of H-pyrrole nitrogens is 1. The minimum atomic E-state index is -3.36. The van der Waals surface area contributed by atoms with Crippen molar-refractivity contribution in [2.45, 2.75) is 30.7 Å². The second-order valence-electron chi connectivity index (χ2n) is 6.95. The Labute approximate surface area is 172 Å². The van der Waals surface area contributed by atoms with Crippen LogP contribution in [0.2, 0.25) is 0 Å². The van der Waals surface area contributed by atoms with Gasteiger partial charge in [0.2, 0.25) is 0 Å². The molecule has 0 radical (unpaired) electrons. The first-order valence-electron chi connectivity index (χ1n) is 9.83. The largest absolute Gasteiger partial charge is 0.361 e. The third-order valence-corrected chi connectivity index (χ3v) is 6.77. The SMILES string of the molecule is CCC(CS(=O)(=O)c1ccccc1)NC(=NC)NCCc1c[nH]c2ccccc12. The Morgan fingerprint density at radius 1 is 1.10 bits per heavy atom. The van der Waals surface area contributed by atoms with Crippen molar-refractivity contribution >= 4 is 26.7 Å². The first-order valence-corrected chi connectivity index (χ1v) is 11.5. The lowest BCUT2D eigenvalue weighted by molar-refractivity contribution is 0.569. The van der Waals surface area contributed by atoms with E-state index in [1.807, 2.05) is 31.3 Å². The van der Waals surface area contributed by atoms with Crippen LogP contribution in [-0.4, -0.2) is 44.7 Å². The molecule has 0 aliphatic heterocycles. The molecule has 0 amide bonds. The lowest BCUT2D eigenvalue weighted by Gasteiger charge is -2.20. The number of nitrogens with zero attached hydrogens (tertiary/aromatic N) is 1. The van der Waals surface area contributed by atoms with Crippen molar-refractivity contribution < 1.29 is 8.42 Å². The van der Waals surface area contributed by atoms with Gasteiger partial charge in [0.25, 0.3) is 0 Å². The van der Waals surface area contributed by atoms with Crippen LogP contribution in [0.25, 0.3) is 10.9 Å². The van der Waals surface area contributed by atoms with Crippen LogP contribution >= 0.6 is 0 Å². The number of hydrogen-bond donors (Lipinski definition) is 3. The van der Waals surface area contributed by atoms with Gasteiger partial charge in [-0.05, 0) is 36.6 Å². The fourth-order valence-corrected chi connectivity index (χ4v) is 4.91. The van der Waals surface area contributed by atoms with Crippen molar-refractivity contribution in [2.75, 3.05) is 19.3 Å². The zero-order chi connectivity index (χ0) is 20.7. The summed E-state index contributed by atoms with van der Waals surface area (Å²) in [5, 5.41) is 7.76. The number of aromatic amines is 1. The molecule has 1 aromatic heterocycles. The highest BCUT2D eigenvalue weighted by molar-refractivity contribution is 7.91. The number of nitrogens with one attached hydrogen (secondary N) is 3. The maximum Gasteiger partial charge on any atom is 0.191 e. The molecule has 0 saturated heterocycles. The number of benzene rings is 2. The summed E-state index contributed by atoms with van der Waals surface area (Å²) < 4.78 is 25.3. The fraction of sp³-hybridized carbons (Fsp3) is 0.318. The monoisotopic (exact) mass is 412 g/mol. The molecule has 3 rings (SSSR count). The zero-order valence-corrected chi connectivity index (χ0v) is 17.7. The van der Waals surface area contributed by atoms with Crippen LogP contribution in [0.15, 0.2) is 70.7 Å². The number of aromatic nitrogens is 1. The summed E-state index contributed by atoms with van der Waals surface area (Å²) >= 11 is 0. The van der Waals surface area contributed by atoms with Gasteiger partial charge in [-0.2, -0.15) is 0 Å². The maximum atomic E-state index is 12.7. The molecule has 3 aromatic rings. The molecule has 29 heavy (non-hydrogen) atoms. The fourth-order valence-electron chi connectivity index (χ4n) is 3.29. The average molecular weight is 413 g/mol. The van der Waals surface area contributed by atoms with Crippen molar-refractivity contribution in [3.63, 3.8) is 0 Å². The number of fused-ring (bicyclic) bond motifs is 1. The predicted molar refractivity (Wildman–Crippen MR) is 119 cm³/mol. The van der Waals surface area contributed by atoms with Gasteiger partial charge < -0.3 is 15.6 Å². The highest BCUT2D eigenvalue weighted by Gasteiger charge is 2.20. The summed E-state index contributed by atoms with van der Waals surface area (Å²) in [5.74, 6) is 0.636. The summed E-state index contributed by atoms with van der Waals surface area (Å²) in [5.41, 5.74) is 2.37. The van der Waals surface area contributed by atoms with E-state index in [2.05, 4.69) is 32.7 Å². The van der Waals surface area contributed by atoms with E-state index >= 15 is 0 Å². The highest BCUT2D eigenvalue weighted by Crippen LogP contribution is 2.17. The Morgan fingerprint density at radius 2 is 1.83 bits per heavy atom. The normalized spacial score (nSPS) is 13.4. The summed E-state index contributed by atoms with van der Waals surface area (Å²) in [7, 11) is -1.66. The number of guanidine groups is 1. The van der Waals surface area contributed by atoms with Crippen LogP contribution in [0.4, 0.5) is 0 Å². The van der Waals surface area contributed by atoms with Crippen LogP contribution in [0, 0.1) is 0 Å². The van der Waals surface area contributed by atoms with Gasteiger partial charge in [0.15, 0.2) is 15.8 Å². The third kappa shape index (κ3) is 5.38. The van der Waals surface area contributed by atoms with Gasteiger partial charge in [-0.1, -0.05) is 43.3 Å². The van der Waals surface area contributed by atoms with E-state index in [-0.39, 0.29) is 11.8 Å². The van der Waals surface area contributed by atoms with Crippen molar-refractivity contribution in [2.24, 2.45) is 4.99 Å². The van der Waals surface area contributed by atoms with E-state index in [0.29, 0.717) is 23.8 Å². The molecule has 0 aliphatic carbocycles. The molecule has 0 fully saturated rings. The molecule has 1 unspecified atom stereocenters. The van der Waals surface area contributed by atoms with Gasteiger partial charge >= 0.3 is 0 Å². The molecular weight excluding hydrogens is 384 g/mol. The zero-order valence-electron chi connectivity index (χ0n) is 16.9. The molecule has 2 aromatic carbocycles. The van der Waals surface area contributed by atoms with E-state index in [1.165, 1.54) is 10.9 Å². The molecule has 0 bridgehead atoms. The molecule has 0 saturated carbocycles. The van der Waals surface area contributed by atoms with E-state index < -0.39 is 9.84 Å². The topological polar surface area (TPSA) is 86.3 Å². The van der Waals surface area contributed by atoms with E-state index in [9.17, 15) is 8.42 Å². The first kappa shape index (κ1) is 20.9. The Morgan fingerprint density at radius 3 is 2.55 bits per heavy atom. The maximum absolute atomic E-state index is 12.7. The molecule has 1 atom stereocenters. The van der Waals surface area contributed by atoms with Gasteiger partial charge in [-0.3, -0.25) is 4.99 Å². The Hall–Kier alpha value is -2.80. The lowest BCUT2D eigenvalue weighted by Crippen LogP contribution is -2.46. The van der Waals surface area contributed by atoms with Crippen LogP contribution in [0.5, 0.6) is 0 Å². The summed E-state index contributed by atoms with van der Waals surface area (Å²) in [6.45, 7) is 2.67. The second-order valence-corrected chi connectivity index (χ2v) is 8.99. The molecule has 0 spiro atoms. The molecule has 6 nitrogen and oxygen atoms in total. The van der Waals surface area contributed by atoms with Gasteiger partial charge in [0.05, 0.1) is 10.6 Å². The van der Waals surface area contributed by atoms with Crippen molar-refractivity contribution in [1.29, 1.82) is 0 Å². The Kier molecular flexibility index (Phi) is 6.93. The molecule has 0 aliphatic rings. The molecule has 1 heterocycles. The van der Waals surface area contributed by atoms with Crippen molar-refractivity contribution in [3.8, 4) is 0 Å². The highest BCUT2D eigenvalue weighted by atomic mass is 32.2. The molecular formula is C22H28N4O2S. The number of sulfone groups is 1. The minimum absolute atomic E-state index is 0.0245. The second kappa shape index (κ2) is 9.60. The number of para-hydroxylation sites is 1. The smallest absolute Gasteiger partial charge is 0.191 e. The molecule has 154 valence electrons. The van der Waals surface area contributed by atoms with Gasteiger partial charge in [-0.25, -0.2) is 8.42 Å². The van der Waals surface area contributed by atoms with E-state index in [0.717, 1.165) is 11.9 Å². The number of aliphatic imine (C=N–C) groups is 1. The quantitative estimate of drug-likeness (QED) is 0.392. The lowest BCUT2D eigenvalue weighted by atomic mass is 10.1. The Balaban J connectivity index is 1.57.